The van der Waals surface area contributed by atoms with Gasteiger partial charge in [0.05, 0.1) is 12.2 Å². The SMILES string of the molecule is COCOC1CC[C@@]2(C)C(CC[C@@H]3[C@H]2CC[C@]2(C)C(O)CC[C@@H]32)C1. The number of rotatable bonds is 3. The van der Waals surface area contributed by atoms with E-state index >= 15 is 0 Å². The van der Waals surface area contributed by atoms with Crippen LogP contribution in [0.15, 0.2) is 0 Å². The van der Waals surface area contributed by atoms with Gasteiger partial charge in [-0.3, -0.25) is 0 Å². The third-order valence-corrected chi connectivity index (χ3v) is 8.99. The molecule has 3 unspecified atom stereocenters. The van der Waals surface area contributed by atoms with Crippen LogP contribution in [0.4, 0.5) is 0 Å². The van der Waals surface area contributed by atoms with Crippen LogP contribution in [-0.4, -0.2) is 31.2 Å². The molecule has 0 aliphatic heterocycles. The first-order chi connectivity index (χ1) is 11.5. The molecule has 4 rings (SSSR count). The second-order valence-corrected chi connectivity index (χ2v) is 9.76. The molecule has 8 atom stereocenters. The first-order valence-electron chi connectivity index (χ1n) is 10.3. The van der Waals surface area contributed by atoms with Gasteiger partial charge >= 0.3 is 0 Å². The quantitative estimate of drug-likeness (QED) is 0.777. The predicted molar refractivity (Wildman–Crippen MR) is 94.5 cm³/mol. The van der Waals surface area contributed by atoms with Gasteiger partial charge in [-0.15, -0.1) is 0 Å². The lowest BCUT2D eigenvalue weighted by molar-refractivity contribution is -0.155. The largest absolute Gasteiger partial charge is 0.393 e. The van der Waals surface area contributed by atoms with E-state index in [0.29, 0.717) is 18.3 Å². The van der Waals surface area contributed by atoms with E-state index in [1.165, 1.54) is 51.4 Å². The summed E-state index contributed by atoms with van der Waals surface area (Å²) in [5, 5.41) is 10.6. The molecule has 4 aliphatic carbocycles. The van der Waals surface area contributed by atoms with Crippen molar-refractivity contribution in [3.8, 4) is 0 Å². The molecule has 0 aromatic heterocycles. The molecule has 0 heterocycles. The Morgan fingerprint density at radius 1 is 0.917 bits per heavy atom. The second-order valence-electron chi connectivity index (χ2n) is 9.76. The topological polar surface area (TPSA) is 38.7 Å². The minimum Gasteiger partial charge on any atom is -0.393 e. The van der Waals surface area contributed by atoms with Crippen LogP contribution in [0.25, 0.3) is 0 Å². The zero-order chi connectivity index (χ0) is 16.9. The van der Waals surface area contributed by atoms with Crippen molar-refractivity contribution in [3.63, 3.8) is 0 Å². The number of aliphatic hydroxyl groups is 1. The van der Waals surface area contributed by atoms with Gasteiger partial charge in [0.1, 0.15) is 6.79 Å². The fourth-order valence-corrected chi connectivity index (χ4v) is 7.51. The van der Waals surface area contributed by atoms with Crippen molar-refractivity contribution in [2.24, 2.45) is 34.5 Å². The Labute approximate surface area is 147 Å². The highest BCUT2D eigenvalue weighted by atomic mass is 16.7. The first-order valence-corrected chi connectivity index (χ1v) is 10.3. The van der Waals surface area contributed by atoms with E-state index in [9.17, 15) is 5.11 Å². The molecule has 4 aliphatic rings. The standard InChI is InChI=1S/C21H36O3/c1-20-10-8-15(24-13-23-3)12-14(20)4-5-16-17-6-7-19(22)21(17,2)11-9-18(16)20/h14-19,22H,4-13H2,1-3H3/t14?,15?,16-,17-,18+,19?,20-,21-/m0/s1. The Bertz CT molecular complexity index is 466. The lowest BCUT2D eigenvalue weighted by Gasteiger charge is -2.60. The van der Waals surface area contributed by atoms with E-state index in [2.05, 4.69) is 13.8 Å². The molecule has 0 spiro atoms. The Hall–Kier alpha value is -0.120. The van der Waals surface area contributed by atoms with Gasteiger partial charge in [-0.25, -0.2) is 0 Å². The average Bonchev–Trinajstić information content (AvgIpc) is 2.88. The molecular formula is C21H36O3. The molecule has 4 fully saturated rings. The highest BCUT2D eigenvalue weighted by Crippen LogP contribution is 2.66. The number of aliphatic hydroxyl groups excluding tert-OH is 1. The molecule has 0 saturated heterocycles. The van der Waals surface area contributed by atoms with Crippen LogP contribution < -0.4 is 0 Å². The number of hydrogen-bond donors (Lipinski definition) is 1. The summed E-state index contributed by atoms with van der Waals surface area (Å²) >= 11 is 0. The van der Waals surface area contributed by atoms with Crippen molar-refractivity contribution in [1.29, 1.82) is 0 Å². The number of methoxy groups -OCH3 is 1. The molecule has 0 radical (unpaired) electrons. The van der Waals surface area contributed by atoms with Gasteiger partial charge in [0.2, 0.25) is 0 Å². The molecule has 0 amide bonds. The molecule has 3 nitrogen and oxygen atoms in total. The van der Waals surface area contributed by atoms with Crippen LogP contribution in [-0.2, 0) is 9.47 Å². The van der Waals surface area contributed by atoms with Crippen LogP contribution in [0, 0.1) is 34.5 Å². The van der Waals surface area contributed by atoms with Crippen molar-refractivity contribution in [3.05, 3.63) is 0 Å². The van der Waals surface area contributed by atoms with Gasteiger partial charge < -0.3 is 14.6 Å². The van der Waals surface area contributed by atoms with Crippen LogP contribution in [0.5, 0.6) is 0 Å². The number of hydrogen-bond acceptors (Lipinski definition) is 3. The lowest BCUT2D eigenvalue weighted by atomic mass is 9.45. The van der Waals surface area contributed by atoms with Crippen LogP contribution in [0.2, 0.25) is 0 Å². The monoisotopic (exact) mass is 336 g/mol. The molecule has 0 aromatic rings. The Morgan fingerprint density at radius 2 is 1.67 bits per heavy atom. The molecule has 0 aromatic carbocycles. The number of fused-ring (bicyclic) bond motifs is 5. The predicted octanol–water partition coefficient (Wildman–Crippen LogP) is 4.38. The molecular weight excluding hydrogens is 300 g/mol. The Balaban J connectivity index is 1.50. The van der Waals surface area contributed by atoms with Crippen molar-refractivity contribution < 1.29 is 14.6 Å². The smallest absolute Gasteiger partial charge is 0.146 e. The molecule has 3 heteroatoms. The molecule has 0 bridgehead atoms. The fourth-order valence-electron chi connectivity index (χ4n) is 7.51. The van der Waals surface area contributed by atoms with E-state index in [4.69, 9.17) is 9.47 Å². The van der Waals surface area contributed by atoms with Gasteiger partial charge in [-0.2, -0.15) is 0 Å². The zero-order valence-corrected chi connectivity index (χ0v) is 15.8. The Kier molecular flexibility index (Phi) is 4.50. The van der Waals surface area contributed by atoms with Crippen molar-refractivity contribution in [2.75, 3.05) is 13.9 Å². The lowest BCUT2D eigenvalue weighted by Crippen LogP contribution is -2.54. The minimum absolute atomic E-state index is 0.0489. The van der Waals surface area contributed by atoms with Gasteiger partial charge in [0, 0.05) is 7.11 Å². The normalized spacial score (nSPS) is 54.0. The summed E-state index contributed by atoms with van der Waals surface area (Å²) in [6.45, 7) is 5.42. The van der Waals surface area contributed by atoms with E-state index in [1.807, 2.05) is 0 Å². The fraction of sp³-hybridized carbons (Fsp3) is 1.00. The number of ether oxygens (including phenoxy) is 2. The maximum atomic E-state index is 10.6. The third kappa shape index (κ3) is 2.49. The first kappa shape index (κ1) is 17.3. The Morgan fingerprint density at radius 3 is 2.46 bits per heavy atom. The van der Waals surface area contributed by atoms with Crippen LogP contribution in [0.3, 0.4) is 0 Å². The zero-order valence-electron chi connectivity index (χ0n) is 15.8. The molecule has 138 valence electrons. The van der Waals surface area contributed by atoms with Crippen molar-refractivity contribution >= 4 is 0 Å². The summed E-state index contributed by atoms with van der Waals surface area (Å²) in [6, 6.07) is 0. The van der Waals surface area contributed by atoms with Gasteiger partial charge in [-0.1, -0.05) is 13.8 Å². The highest BCUT2D eigenvalue weighted by Gasteiger charge is 2.60. The summed E-state index contributed by atoms with van der Waals surface area (Å²) in [6.07, 6.45) is 11.7. The van der Waals surface area contributed by atoms with E-state index < -0.39 is 0 Å². The van der Waals surface area contributed by atoms with Gasteiger partial charge in [0.25, 0.3) is 0 Å². The molecule has 1 N–H and O–H groups in total. The summed E-state index contributed by atoms with van der Waals surface area (Å²) in [4.78, 5) is 0. The van der Waals surface area contributed by atoms with Crippen LogP contribution >= 0.6 is 0 Å². The second kappa shape index (κ2) is 6.25. The third-order valence-electron chi connectivity index (χ3n) is 8.99. The maximum Gasteiger partial charge on any atom is 0.146 e. The maximum absolute atomic E-state index is 10.6. The van der Waals surface area contributed by atoms with Crippen molar-refractivity contribution in [1.82, 2.24) is 0 Å². The van der Waals surface area contributed by atoms with Crippen LogP contribution in [0.1, 0.15) is 71.6 Å². The minimum atomic E-state index is -0.0489. The molecule has 24 heavy (non-hydrogen) atoms. The van der Waals surface area contributed by atoms with E-state index in [-0.39, 0.29) is 11.5 Å². The van der Waals surface area contributed by atoms with E-state index in [1.54, 1.807) is 7.11 Å². The average molecular weight is 337 g/mol. The van der Waals surface area contributed by atoms with Crippen molar-refractivity contribution in [2.45, 2.75) is 83.8 Å². The summed E-state index contributed by atoms with van der Waals surface area (Å²) in [5.41, 5.74) is 0.716. The highest BCUT2D eigenvalue weighted by molar-refractivity contribution is 5.09. The summed E-state index contributed by atoms with van der Waals surface area (Å²) < 4.78 is 11.0. The van der Waals surface area contributed by atoms with Gasteiger partial charge in [-0.05, 0) is 92.3 Å². The summed E-state index contributed by atoms with van der Waals surface area (Å²) in [5.74, 6) is 3.33. The summed E-state index contributed by atoms with van der Waals surface area (Å²) in [7, 11) is 1.72. The molecule has 4 saturated carbocycles. The van der Waals surface area contributed by atoms with Gasteiger partial charge in [0.15, 0.2) is 0 Å². The van der Waals surface area contributed by atoms with E-state index in [0.717, 1.165) is 30.1 Å².